The molecular formula is C28H26N2O4. The van der Waals surface area contributed by atoms with Crippen molar-refractivity contribution in [1.29, 1.82) is 0 Å². The highest BCUT2D eigenvalue weighted by atomic mass is 16.3. The van der Waals surface area contributed by atoms with E-state index in [4.69, 9.17) is 4.42 Å². The number of nitrogens with zero attached hydrogens (tertiary/aromatic N) is 1. The number of ketones is 2. The number of anilines is 2. The molecule has 1 aromatic heterocycles. The van der Waals surface area contributed by atoms with E-state index in [2.05, 4.69) is 19.2 Å². The fraction of sp³-hybridized carbons (Fsp3) is 0.250. The fourth-order valence-electron chi connectivity index (χ4n) is 5.01. The summed E-state index contributed by atoms with van der Waals surface area (Å²) in [6.07, 6.45) is 2.56. The number of hydrogen-bond donors (Lipinski definition) is 1. The molecule has 0 saturated carbocycles. The third-order valence-corrected chi connectivity index (χ3v) is 6.44. The van der Waals surface area contributed by atoms with Gasteiger partial charge in [0.15, 0.2) is 11.6 Å². The van der Waals surface area contributed by atoms with E-state index in [1.54, 1.807) is 53.6 Å². The Hall–Kier alpha value is -3.93. The highest BCUT2D eigenvalue weighted by molar-refractivity contribution is 6.11. The molecule has 1 amide bonds. The molecule has 172 valence electrons. The van der Waals surface area contributed by atoms with Gasteiger partial charge in [-0.25, -0.2) is 0 Å². The van der Waals surface area contributed by atoms with Crippen molar-refractivity contribution in [3.63, 3.8) is 0 Å². The number of hydrogen-bond acceptors (Lipinski definition) is 5. The summed E-state index contributed by atoms with van der Waals surface area (Å²) in [5.41, 5.74) is 3.36. The third kappa shape index (κ3) is 3.75. The van der Waals surface area contributed by atoms with Gasteiger partial charge in [-0.05, 0) is 42.2 Å². The lowest BCUT2D eigenvalue weighted by Crippen LogP contribution is -2.38. The number of nitrogens with one attached hydrogen (secondary N) is 1. The molecule has 0 radical (unpaired) electrons. The van der Waals surface area contributed by atoms with Crippen LogP contribution in [0.15, 0.2) is 82.6 Å². The van der Waals surface area contributed by atoms with Gasteiger partial charge in [0.2, 0.25) is 5.91 Å². The number of carbonyl (C=O) groups is 3. The van der Waals surface area contributed by atoms with Gasteiger partial charge in [-0.15, -0.1) is 0 Å². The van der Waals surface area contributed by atoms with Gasteiger partial charge in [-0.2, -0.15) is 0 Å². The molecule has 2 aromatic carbocycles. The Morgan fingerprint density at radius 1 is 1.00 bits per heavy atom. The zero-order chi connectivity index (χ0) is 24.0. The lowest BCUT2D eigenvalue weighted by molar-refractivity contribution is -0.118. The largest absolute Gasteiger partial charge is 0.467 e. The molecule has 6 heteroatoms. The van der Waals surface area contributed by atoms with E-state index >= 15 is 0 Å². The summed E-state index contributed by atoms with van der Waals surface area (Å²) >= 11 is 0. The van der Waals surface area contributed by atoms with Gasteiger partial charge < -0.3 is 9.73 Å². The Bertz CT molecular complexity index is 1320. The maximum atomic E-state index is 13.5. The van der Waals surface area contributed by atoms with Crippen LogP contribution in [0.2, 0.25) is 0 Å². The van der Waals surface area contributed by atoms with Gasteiger partial charge in [-0.1, -0.05) is 44.2 Å². The predicted molar refractivity (Wildman–Crippen MR) is 130 cm³/mol. The van der Waals surface area contributed by atoms with Crippen LogP contribution in [0.5, 0.6) is 0 Å². The monoisotopic (exact) mass is 454 g/mol. The summed E-state index contributed by atoms with van der Waals surface area (Å²) in [5, 5.41) is 3.44. The molecule has 0 bridgehead atoms. The Kier molecular flexibility index (Phi) is 5.24. The second-order valence-corrected chi connectivity index (χ2v) is 9.69. The maximum absolute atomic E-state index is 13.5. The number of allylic oxidation sites excluding steroid dienone is 1. The van der Waals surface area contributed by atoms with E-state index in [1.165, 1.54) is 6.92 Å². The summed E-state index contributed by atoms with van der Waals surface area (Å²) in [5.74, 6) is 0.174. The van der Waals surface area contributed by atoms with Gasteiger partial charge in [-0.3, -0.25) is 19.3 Å². The van der Waals surface area contributed by atoms with Crippen LogP contribution in [-0.4, -0.2) is 17.5 Å². The van der Waals surface area contributed by atoms with Crippen molar-refractivity contribution in [2.24, 2.45) is 5.41 Å². The Labute approximate surface area is 198 Å². The number of carbonyl (C=O) groups excluding carboxylic acids is 3. The topological polar surface area (TPSA) is 79.6 Å². The van der Waals surface area contributed by atoms with Gasteiger partial charge in [0.1, 0.15) is 11.8 Å². The number of benzene rings is 2. The molecule has 0 fully saturated rings. The molecule has 1 N–H and O–H groups in total. The third-order valence-electron chi connectivity index (χ3n) is 6.44. The minimum atomic E-state index is -0.685. The fourth-order valence-corrected chi connectivity index (χ4v) is 5.01. The van der Waals surface area contributed by atoms with Gasteiger partial charge in [0.05, 0.1) is 17.6 Å². The molecule has 0 unspecified atom stereocenters. The number of furan rings is 1. The van der Waals surface area contributed by atoms with Crippen molar-refractivity contribution in [3.8, 4) is 0 Å². The first-order chi connectivity index (χ1) is 16.2. The van der Waals surface area contributed by atoms with E-state index in [1.807, 2.05) is 18.2 Å². The predicted octanol–water partition coefficient (Wildman–Crippen LogP) is 5.67. The Balaban J connectivity index is 1.70. The summed E-state index contributed by atoms with van der Waals surface area (Å²) < 4.78 is 5.73. The van der Waals surface area contributed by atoms with E-state index in [-0.39, 0.29) is 22.9 Å². The average Bonchev–Trinajstić information content (AvgIpc) is 3.27. The first kappa shape index (κ1) is 21.9. The summed E-state index contributed by atoms with van der Waals surface area (Å²) in [7, 11) is 0. The molecule has 3 aromatic rings. The van der Waals surface area contributed by atoms with Crippen molar-refractivity contribution < 1.29 is 18.8 Å². The Morgan fingerprint density at radius 3 is 2.44 bits per heavy atom. The lowest BCUT2D eigenvalue weighted by atomic mass is 9.74. The summed E-state index contributed by atoms with van der Waals surface area (Å²) in [6.45, 7) is 5.59. The van der Waals surface area contributed by atoms with Crippen LogP contribution in [0, 0.1) is 5.41 Å². The van der Waals surface area contributed by atoms with Crippen LogP contribution >= 0.6 is 0 Å². The first-order valence-corrected chi connectivity index (χ1v) is 11.4. The summed E-state index contributed by atoms with van der Waals surface area (Å²) in [4.78, 5) is 41.2. The molecule has 2 aliphatic rings. The number of fused-ring (bicyclic) bond motifs is 1. The lowest BCUT2D eigenvalue weighted by Gasteiger charge is -2.35. The molecule has 0 spiro atoms. The van der Waals surface area contributed by atoms with Crippen molar-refractivity contribution >= 4 is 28.8 Å². The number of amides is 1. The SMILES string of the molecule is CC(=O)N1c2ccc(C(=O)c3ccccc3)cc2NC2=C(C(=O)CC(C)(C)C2)[C@@H]1c1ccco1. The minimum Gasteiger partial charge on any atom is -0.467 e. The molecule has 5 rings (SSSR count). The second kappa shape index (κ2) is 8.13. The van der Waals surface area contributed by atoms with Crippen molar-refractivity contribution in [2.45, 2.75) is 39.7 Å². The molecule has 2 heterocycles. The zero-order valence-corrected chi connectivity index (χ0v) is 19.4. The quantitative estimate of drug-likeness (QED) is 0.516. The van der Waals surface area contributed by atoms with Crippen LogP contribution in [-0.2, 0) is 9.59 Å². The molecular weight excluding hydrogens is 428 g/mol. The van der Waals surface area contributed by atoms with E-state index in [0.717, 1.165) is 5.70 Å². The van der Waals surface area contributed by atoms with Crippen LogP contribution in [0.3, 0.4) is 0 Å². The average molecular weight is 455 g/mol. The Morgan fingerprint density at radius 2 is 1.76 bits per heavy atom. The second-order valence-electron chi connectivity index (χ2n) is 9.69. The standard InChI is InChI=1S/C28H26N2O4/c1-17(31)30-22-12-11-19(27(33)18-8-5-4-6-9-18)14-20(22)29-21-15-28(2,3)16-23(32)25(21)26(30)24-10-7-13-34-24/h4-14,26,29H,15-16H2,1-3H3/t26-/m0/s1. The molecule has 34 heavy (non-hydrogen) atoms. The van der Waals surface area contributed by atoms with E-state index < -0.39 is 6.04 Å². The van der Waals surface area contributed by atoms with Crippen molar-refractivity contribution in [1.82, 2.24) is 0 Å². The molecule has 1 aliphatic heterocycles. The van der Waals surface area contributed by atoms with Crippen molar-refractivity contribution in [3.05, 3.63) is 95.1 Å². The summed E-state index contributed by atoms with van der Waals surface area (Å²) in [6, 6.07) is 17.2. The van der Waals surface area contributed by atoms with Gasteiger partial charge in [0, 0.05) is 35.7 Å². The normalized spacial score (nSPS) is 19.1. The zero-order valence-electron chi connectivity index (χ0n) is 19.4. The maximum Gasteiger partial charge on any atom is 0.224 e. The smallest absolute Gasteiger partial charge is 0.224 e. The molecule has 0 saturated heterocycles. The van der Waals surface area contributed by atoms with Gasteiger partial charge in [0.25, 0.3) is 0 Å². The number of rotatable bonds is 3. The van der Waals surface area contributed by atoms with Crippen LogP contribution in [0.1, 0.15) is 61.3 Å². The van der Waals surface area contributed by atoms with Crippen molar-refractivity contribution in [2.75, 3.05) is 10.2 Å². The highest BCUT2D eigenvalue weighted by Crippen LogP contribution is 2.48. The van der Waals surface area contributed by atoms with Gasteiger partial charge >= 0.3 is 0 Å². The highest BCUT2D eigenvalue weighted by Gasteiger charge is 2.43. The number of Topliss-reactive ketones (excluding diaryl/α,β-unsaturated/α-hetero) is 1. The van der Waals surface area contributed by atoms with E-state index in [0.29, 0.717) is 46.7 Å². The van der Waals surface area contributed by atoms with Crippen LogP contribution in [0.4, 0.5) is 11.4 Å². The van der Waals surface area contributed by atoms with Crippen LogP contribution in [0.25, 0.3) is 0 Å². The molecule has 1 atom stereocenters. The molecule has 6 nitrogen and oxygen atoms in total. The minimum absolute atomic E-state index is 0.0141. The van der Waals surface area contributed by atoms with E-state index in [9.17, 15) is 14.4 Å². The first-order valence-electron chi connectivity index (χ1n) is 11.4. The molecule has 1 aliphatic carbocycles. The van der Waals surface area contributed by atoms with Crippen LogP contribution < -0.4 is 10.2 Å².